The summed E-state index contributed by atoms with van der Waals surface area (Å²) in [7, 11) is 1.61. The van der Waals surface area contributed by atoms with Crippen molar-refractivity contribution in [3.63, 3.8) is 0 Å². The fraction of sp³-hybridized carbons (Fsp3) is 0.278. The van der Waals surface area contributed by atoms with Gasteiger partial charge in [0, 0.05) is 23.7 Å². The highest BCUT2D eigenvalue weighted by Gasteiger charge is 2.02. The second-order valence-electron chi connectivity index (χ2n) is 5.15. The predicted molar refractivity (Wildman–Crippen MR) is 94.3 cm³/mol. The summed E-state index contributed by atoms with van der Waals surface area (Å²) in [5.74, 6) is 0.765. The Kier molecular flexibility index (Phi) is 6.91. The number of amides is 1. The van der Waals surface area contributed by atoms with Crippen LogP contribution in [-0.2, 0) is 11.2 Å². The third-order valence-corrected chi connectivity index (χ3v) is 3.66. The summed E-state index contributed by atoms with van der Waals surface area (Å²) >= 11 is 5.85. The molecule has 0 atom stereocenters. The number of benzene rings is 2. The molecular weight excluding hydrogens is 312 g/mol. The third-order valence-electron chi connectivity index (χ3n) is 3.41. The number of anilines is 1. The lowest BCUT2D eigenvalue weighted by Gasteiger charge is -2.07. The molecule has 4 nitrogen and oxygen atoms in total. The van der Waals surface area contributed by atoms with E-state index in [0.717, 1.165) is 29.4 Å². The van der Waals surface area contributed by atoms with Crippen LogP contribution in [-0.4, -0.2) is 26.1 Å². The molecule has 23 heavy (non-hydrogen) atoms. The van der Waals surface area contributed by atoms with Crippen LogP contribution < -0.4 is 15.4 Å². The smallest absolute Gasteiger partial charge is 0.225 e. The summed E-state index contributed by atoms with van der Waals surface area (Å²) < 4.78 is 5.08. The molecule has 0 saturated carbocycles. The van der Waals surface area contributed by atoms with Crippen LogP contribution in [0.25, 0.3) is 0 Å². The van der Waals surface area contributed by atoms with Crippen LogP contribution in [0.1, 0.15) is 12.0 Å². The van der Waals surface area contributed by atoms with Gasteiger partial charge in [0.05, 0.1) is 7.11 Å². The van der Waals surface area contributed by atoms with Gasteiger partial charge in [-0.15, -0.1) is 0 Å². The van der Waals surface area contributed by atoms with Gasteiger partial charge in [-0.05, 0) is 54.9 Å². The van der Waals surface area contributed by atoms with Crippen molar-refractivity contribution in [1.29, 1.82) is 0 Å². The molecule has 5 heteroatoms. The minimum atomic E-state index is -0.00541. The second-order valence-corrected chi connectivity index (χ2v) is 5.59. The van der Waals surface area contributed by atoms with Gasteiger partial charge in [0.25, 0.3) is 0 Å². The van der Waals surface area contributed by atoms with Crippen molar-refractivity contribution in [2.45, 2.75) is 12.8 Å². The first-order valence-electron chi connectivity index (χ1n) is 7.56. The number of carbonyl (C=O) groups excluding carboxylic acids is 1. The first-order valence-corrected chi connectivity index (χ1v) is 7.94. The molecule has 2 N–H and O–H groups in total. The van der Waals surface area contributed by atoms with E-state index in [2.05, 4.69) is 10.6 Å². The molecule has 0 aromatic heterocycles. The zero-order valence-corrected chi connectivity index (χ0v) is 13.9. The molecule has 122 valence electrons. The van der Waals surface area contributed by atoms with Gasteiger partial charge < -0.3 is 15.4 Å². The van der Waals surface area contributed by atoms with Gasteiger partial charge in [-0.25, -0.2) is 0 Å². The van der Waals surface area contributed by atoms with E-state index in [1.54, 1.807) is 7.11 Å². The quantitative estimate of drug-likeness (QED) is 0.727. The topological polar surface area (TPSA) is 50.4 Å². The number of nitrogens with one attached hydrogen (secondary N) is 2. The zero-order valence-electron chi connectivity index (χ0n) is 13.1. The molecule has 0 radical (unpaired) electrons. The number of hydrogen-bond acceptors (Lipinski definition) is 3. The lowest BCUT2D eigenvalue weighted by atomic mass is 10.1. The molecule has 0 aliphatic heterocycles. The summed E-state index contributed by atoms with van der Waals surface area (Å²) in [6.45, 7) is 1.48. The van der Waals surface area contributed by atoms with Gasteiger partial charge in [-0.2, -0.15) is 0 Å². The number of rotatable bonds is 8. The Morgan fingerprint density at radius 3 is 2.39 bits per heavy atom. The largest absolute Gasteiger partial charge is 0.497 e. The molecule has 2 aromatic carbocycles. The van der Waals surface area contributed by atoms with E-state index in [1.807, 2.05) is 48.5 Å². The average Bonchev–Trinajstić information content (AvgIpc) is 2.57. The maximum Gasteiger partial charge on any atom is 0.225 e. The van der Waals surface area contributed by atoms with Crippen LogP contribution in [0.3, 0.4) is 0 Å². The normalized spacial score (nSPS) is 10.3. The minimum absolute atomic E-state index is 0.00541. The molecule has 0 aliphatic carbocycles. The number of carbonyl (C=O) groups is 1. The Hall–Kier alpha value is -2.04. The Balaban J connectivity index is 1.61. The van der Waals surface area contributed by atoms with Crippen molar-refractivity contribution in [3.8, 4) is 5.75 Å². The van der Waals surface area contributed by atoms with E-state index in [9.17, 15) is 4.79 Å². The highest BCUT2D eigenvalue weighted by molar-refractivity contribution is 6.30. The molecule has 0 spiro atoms. The van der Waals surface area contributed by atoms with Crippen LogP contribution in [0.2, 0.25) is 5.02 Å². The number of hydrogen-bond donors (Lipinski definition) is 2. The molecule has 0 saturated heterocycles. The average molecular weight is 333 g/mol. The molecular formula is C18H21ClN2O2. The Morgan fingerprint density at radius 1 is 1.04 bits per heavy atom. The number of halogens is 1. The SMILES string of the molecule is COc1ccc(NC(=O)CCNCCc2ccc(Cl)cc2)cc1. The first kappa shape index (κ1) is 17.3. The van der Waals surface area contributed by atoms with Gasteiger partial charge >= 0.3 is 0 Å². The monoisotopic (exact) mass is 332 g/mol. The van der Waals surface area contributed by atoms with Crippen molar-refractivity contribution in [1.82, 2.24) is 5.32 Å². The third kappa shape index (κ3) is 6.30. The van der Waals surface area contributed by atoms with Gasteiger partial charge in [0.1, 0.15) is 5.75 Å². The van der Waals surface area contributed by atoms with Gasteiger partial charge in [0.15, 0.2) is 0 Å². The number of methoxy groups -OCH3 is 1. The predicted octanol–water partition coefficient (Wildman–Crippen LogP) is 3.51. The van der Waals surface area contributed by atoms with Crippen LogP contribution in [0.4, 0.5) is 5.69 Å². The summed E-state index contributed by atoms with van der Waals surface area (Å²) in [4.78, 5) is 11.8. The summed E-state index contributed by atoms with van der Waals surface area (Å²) in [5.41, 5.74) is 2.00. The molecule has 0 heterocycles. The molecule has 2 aromatic rings. The van der Waals surface area contributed by atoms with Crippen molar-refractivity contribution >= 4 is 23.2 Å². The van der Waals surface area contributed by atoms with Crippen LogP contribution >= 0.6 is 11.6 Å². The van der Waals surface area contributed by atoms with E-state index in [0.29, 0.717) is 13.0 Å². The lowest BCUT2D eigenvalue weighted by Crippen LogP contribution is -2.23. The maximum atomic E-state index is 11.8. The second kappa shape index (κ2) is 9.18. The first-order chi connectivity index (χ1) is 11.2. The van der Waals surface area contributed by atoms with Gasteiger partial charge in [-0.3, -0.25) is 4.79 Å². The van der Waals surface area contributed by atoms with E-state index < -0.39 is 0 Å². The lowest BCUT2D eigenvalue weighted by molar-refractivity contribution is -0.116. The van der Waals surface area contributed by atoms with Gasteiger partial charge in [0.2, 0.25) is 5.91 Å². The van der Waals surface area contributed by atoms with Crippen molar-refractivity contribution in [2.24, 2.45) is 0 Å². The summed E-state index contributed by atoms with van der Waals surface area (Å²) in [5, 5.41) is 6.88. The van der Waals surface area contributed by atoms with E-state index in [4.69, 9.17) is 16.3 Å². The number of ether oxygens (including phenoxy) is 1. The molecule has 0 unspecified atom stereocenters. The fourth-order valence-corrected chi connectivity index (χ4v) is 2.23. The summed E-state index contributed by atoms with van der Waals surface area (Å²) in [6.07, 6.45) is 1.35. The van der Waals surface area contributed by atoms with Crippen LogP contribution in [0.15, 0.2) is 48.5 Å². The maximum absolute atomic E-state index is 11.8. The fourth-order valence-electron chi connectivity index (χ4n) is 2.11. The van der Waals surface area contributed by atoms with Gasteiger partial charge in [-0.1, -0.05) is 23.7 Å². The van der Waals surface area contributed by atoms with Crippen molar-refractivity contribution in [3.05, 3.63) is 59.1 Å². The van der Waals surface area contributed by atoms with Crippen molar-refractivity contribution in [2.75, 3.05) is 25.5 Å². The highest BCUT2D eigenvalue weighted by atomic mass is 35.5. The van der Waals surface area contributed by atoms with Crippen LogP contribution in [0.5, 0.6) is 5.75 Å². The Labute approximate surface area is 141 Å². The molecule has 0 bridgehead atoms. The summed E-state index contributed by atoms with van der Waals surface area (Å²) in [6, 6.07) is 15.1. The molecule has 0 fully saturated rings. The van der Waals surface area contributed by atoms with E-state index in [-0.39, 0.29) is 5.91 Å². The molecule has 1 amide bonds. The van der Waals surface area contributed by atoms with Crippen LogP contribution in [0, 0.1) is 0 Å². The standard InChI is InChI=1S/C18H21ClN2O2/c1-23-17-8-6-16(7-9-17)21-18(22)11-13-20-12-10-14-2-4-15(19)5-3-14/h2-9,20H,10-13H2,1H3,(H,21,22). The van der Waals surface area contributed by atoms with Crippen molar-refractivity contribution < 1.29 is 9.53 Å². The Morgan fingerprint density at radius 2 is 1.74 bits per heavy atom. The zero-order chi connectivity index (χ0) is 16.5. The highest BCUT2D eigenvalue weighted by Crippen LogP contribution is 2.15. The van der Waals surface area contributed by atoms with E-state index >= 15 is 0 Å². The van der Waals surface area contributed by atoms with E-state index in [1.165, 1.54) is 5.56 Å². The molecule has 0 aliphatic rings. The Bertz CT molecular complexity index is 612. The molecule has 2 rings (SSSR count). The minimum Gasteiger partial charge on any atom is -0.497 e.